The Morgan fingerprint density at radius 2 is 1.85 bits per heavy atom. The van der Waals surface area contributed by atoms with Crippen molar-refractivity contribution in [3.63, 3.8) is 0 Å². The van der Waals surface area contributed by atoms with Crippen molar-refractivity contribution >= 4 is 21.4 Å². The van der Waals surface area contributed by atoms with E-state index in [0.717, 1.165) is 0 Å². The lowest BCUT2D eigenvalue weighted by Crippen LogP contribution is -2.16. The van der Waals surface area contributed by atoms with Gasteiger partial charge in [0.05, 0.1) is 24.2 Å². The summed E-state index contributed by atoms with van der Waals surface area (Å²) in [6, 6.07) is 13.8. The number of nitrogens with two attached hydrogens (primary N) is 1. The first-order chi connectivity index (χ1) is 9.50. The Morgan fingerprint density at radius 1 is 1.15 bits per heavy atom. The smallest absolute Gasteiger partial charge is 0.236 e. The summed E-state index contributed by atoms with van der Waals surface area (Å²) in [6.45, 7) is 0. The third-order valence-corrected chi connectivity index (χ3v) is 3.97. The maximum absolute atomic E-state index is 12.1. The highest BCUT2D eigenvalue weighted by molar-refractivity contribution is 7.91. The fraction of sp³-hybridized carbons (Fsp3) is 0.143. The second-order valence-corrected chi connectivity index (χ2v) is 6.02. The van der Waals surface area contributed by atoms with Crippen LogP contribution in [0.1, 0.15) is 5.56 Å². The zero-order valence-corrected chi connectivity index (χ0v) is 11.9. The van der Waals surface area contributed by atoms with Crippen molar-refractivity contribution in [3.8, 4) is 5.75 Å². The van der Waals surface area contributed by atoms with Gasteiger partial charge in [0.1, 0.15) is 5.75 Å². The van der Waals surface area contributed by atoms with E-state index in [0.29, 0.717) is 22.7 Å². The molecule has 0 aliphatic heterocycles. The van der Waals surface area contributed by atoms with Gasteiger partial charge in [0.2, 0.25) is 10.0 Å². The minimum atomic E-state index is -3.50. The van der Waals surface area contributed by atoms with Gasteiger partial charge in [-0.15, -0.1) is 0 Å². The zero-order valence-electron chi connectivity index (χ0n) is 11.0. The van der Waals surface area contributed by atoms with Gasteiger partial charge in [-0.3, -0.25) is 4.72 Å². The van der Waals surface area contributed by atoms with E-state index >= 15 is 0 Å². The molecule has 0 aliphatic rings. The minimum Gasteiger partial charge on any atom is -0.497 e. The Labute approximate surface area is 118 Å². The van der Waals surface area contributed by atoms with E-state index in [4.69, 9.17) is 10.5 Å². The molecule has 0 saturated heterocycles. The molecular formula is C14H16N2O3S. The summed E-state index contributed by atoms with van der Waals surface area (Å²) in [5.74, 6) is 0.479. The SMILES string of the molecule is COc1ccc(NS(=O)(=O)Cc2ccccc2)c(N)c1. The standard InChI is InChI=1S/C14H16N2O3S/c1-19-12-7-8-14(13(15)9-12)16-20(17,18)10-11-5-3-2-4-6-11/h2-9,16H,10,15H2,1H3. The van der Waals surface area contributed by atoms with Gasteiger partial charge >= 0.3 is 0 Å². The predicted molar refractivity (Wildman–Crippen MR) is 80.1 cm³/mol. The van der Waals surface area contributed by atoms with Crippen molar-refractivity contribution in [3.05, 3.63) is 54.1 Å². The maximum Gasteiger partial charge on any atom is 0.236 e. The van der Waals surface area contributed by atoms with Crippen molar-refractivity contribution < 1.29 is 13.2 Å². The number of nitrogen functional groups attached to an aromatic ring is 1. The van der Waals surface area contributed by atoms with Gasteiger partial charge in [-0.2, -0.15) is 0 Å². The molecule has 0 saturated carbocycles. The Kier molecular flexibility index (Phi) is 4.14. The number of nitrogens with one attached hydrogen (secondary N) is 1. The molecule has 0 spiro atoms. The van der Waals surface area contributed by atoms with Gasteiger partial charge in [-0.25, -0.2) is 8.42 Å². The summed E-state index contributed by atoms with van der Waals surface area (Å²) < 4.78 is 31.7. The molecule has 2 rings (SSSR count). The van der Waals surface area contributed by atoms with Gasteiger partial charge in [0, 0.05) is 6.07 Å². The molecule has 0 amide bonds. The lowest BCUT2D eigenvalue weighted by molar-refractivity contribution is 0.415. The highest BCUT2D eigenvalue weighted by Crippen LogP contribution is 2.25. The molecule has 0 bridgehead atoms. The molecule has 20 heavy (non-hydrogen) atoms. The number of hydrogen-bond donors (Lipinski definition) is 2. The molecule has 0 fully saturated rings. The number of benzene rings is 2. The van der Waals surface area contributed by atoms with Crippen molar-refractivity contribution in [1.29, 1.82) is 0 Å². The molecule has 0 heterocycles. The fourth-order valence-corrected chi connectivity index (χ4v) is 2.98. The van der Waals surface area contributed by atoms with Crippen LogP contribution >= 0.6 is 0 Å². The second-order valence-electron chi connectivity index (χ2n) is 4.30. The molecule has 106 valence electrons. The molecular weight excluding hydrogens is 276 g/mol. The Morgan fingerprint density at radius 3 is 2.45 bits per heavy atom. The first-order valence-electron chi connectivity index (χ1n) is 5.98. The van der Waals surface area contributed by atoms with Crippen LogP contribution in [0.25, 0.3) is 0 Å². The van der Waals surface area contributed by atoms with Crippen LogP contribution in [-0.2, 0) is 15.8 Å². The highest BCUT2D eigenvalue weighted by atomic mass is 32.2. The molecule has 0 aromatic heterocycles. The normalized spacial score (nSPS) is 11.1. The number of hydrogen-bond acceptors (Lipinski definition) is 4. The number of anilines is 2. The third kappa shape index (κ3) is 3.64. The van der Waals surface area contributed by atoms with Crippen LogP contribution in [-0.4, -0.2) is 15.5 Å². The molecule has 2 aromatic rings. The van der Waals surface area contributed by atoms with Crippen LogP contribution in [0.2, 0.25) is 0 Å². The second kappa shape index (κ2) is 5.83. The monoisotopic (exact) mass is 292 g/mol. The van der Waals surface area contributed by atoms with E-state index in [9.17, 15) is 8.42 Å². The van der Waals surface area contributed by atoms with Gasteiger partial charge in [0.15, 0.2) is 0 Å². The van der Waals surface area contributed by atoms with Crippen molar-refractivity contribution in [2.24, 2.45) is 0 Å². The molecule has 5 nitrogen and oxygen atoms in total. The van der Waals surface area contributed by atoms with Crippen molar-refractivity contribution in [2.75, 3.05) is 17.6 Å². The Hall–Kier alpha value is -2.21. The van der Waals surface area contributed by atoms with E-state index in [1.165, 1.54) is 7.11 Å². The third-order valence-electron chi connectivity index (χ3n) is 2.72. The average Bonchev–Trinajstić information content (AvgIpc) is 2.41. The summed E-state index contributed by atoms with van der Waals surface area (Å²) in [6.07, 6.45) is 0. The lowest BCUT2D eigenvalue weighted by Gasteiger charge is -2.11. The fourth-order valence-electron chi connectivity index (χ4n) is 1.76. The van der Waals surface area contributed by atoms with Gasteiger partial charge in [0.25, 0.3) is 0 Å². The molecule has 2 aromatic carbocycles. The summed E-state index contributed by atoms with van der Waals surface area (Å²) in [7, 11) is -1.98. The van der Waals surface area contributed by atoms with Gasteiger partial charge < -0.3 is 10.5 Å². The summed E-state index contributed by atoms with van der Waals surface area (Å²) in [5, 5.41) is 0. The quantitative estimate of drug-likeness (QED) is 0.828. The van der Waals surface area contributed by atoms with E-state index in [-0.39, 0.29) is 5.75 Å². The van der Waals surface area contributed by atoms with E-state index in [2.05, 4.69) is 4.72 Å². The minimum absolute atomic E-state index is 0.0979. The van der Waals surface area contributed by atoms with Crippen LogP contribution in [0, 0.1) is 0 Å². The van der Waals surface area contributed by atoms with Crippen LogP contribution in [0.5, 0.6) is 5.75 Å². The topological polar surface area (TPSA) is 81.4 Å². The summed E-state index contributed by atoms with van der Waals surface area (Å²) in [5.41, 5.74) is 7.17. The maximum atomic E-state index is 12.1. The van der Waals surface area contributed by atoms with Crippen molar-refractivity contribution in [1.82, 2.24) is 0 Å². The van der Waals surface area contributed by atoms with Crippen LogP contribution in [0.3, 0.4) is 0 Å². The van der Waals surface area contributed by atoms with Crippen LogP contribution in [0.4, 0.5) is 11.4 Å². The summed E-state index contributed by atoms with van der Waals surface area (Å²) in [4.78, 5) is 0. The largest absolute Gasteiger partial charge is 0.497 e. The first-order valence-corrected chi connectivity index (χ1v) is 7.63. The lowest BCUT2D eigenvalue weighted by atomic mass is 10.2. The zero-order chi connectivity index (χ0) is 14.6. The molecule has 0 aliphatic carbocycles. The number of sulfonamides is 1. The molecule has 3 N–H and O–H groups in total. The van der Waals surface area contributed by atoms with E-state index < -0.39 is 10.0 Å². The summed E-state index contributed by atoms with van der Waals surface area (Å²) >= 11 is 0. The number of rotatable bonds is 5. The van der Waals surface area contributed by atoms with E-state index in [1.54, 1.807) is 42.5 Å². The van der Waals surface area contributed by atoms with E-state index in [1.807, 2.05) is 6.07 Å². The first kappa shape index (κ1) is 14.2. The molecule has 0 radical (unpaired) electrons. The van der Waals surface area contributed by atoms with Crippen LogP contribution in [0.15, 0.2) is 48.5 Å². The van der Waals surface area contributed by atoms with Crippen molar-refractivity contribution in [2.45, 2.75) is 5.75 Å². The van der Waals surface area contributed by atoms with Gasteiger partial charge in [-0.1, -0.05) is 30.3 Å². The predicted octanol–water partition coefficient (Wildman–Crippen LogP) is 2.22. The molecule has 0 unspecified atom stereocenters. The number of methoxy groups -OCH3 is 1. The Bertz CT molecular complexity index is 685. The Balaban J connectivity index is 2.16. The molecule has 0 atom stereocenters. The van der Waals surface area contributed by atoms with Crippen LogP contribution < -0.4 is 15.2 Å². The molecule has 6 heteroatoms. The highest BCUT2D eigenvalue weighted by Gasteiger charge is 2.13. The van der Waals surface area contributed by atoms with Gasteiger partial charge in [-0.05, 0) is 17.7 Å². The number of ether oxygens (including phenoxy) is 1. The average molecular weight is 292 g/mol.